The van der Waals surface area contributed by atoms with Crippen LogP contribution < -0.4 is 0 Å². The smallest absolute Gasteiger partial charge is 0.0657 e. The Morgan fingerprint density at radius 1 is 1.07 bits per heavy atom. The Kier molecular flexibility index (Phi) is 2.01. The molecule has 1 heterocycles. The Labute approximate surface area is 84.8 Å². The normalized spacial score (nSPS) is 38.4. The van der Waals surface area contributed by atoms with Crippen molar-refractivity contribution in [1.82, 2.24) is 4.90 Å². The Balaban J connectivity index is 1.78. The zero-order valence-electron chi connectivity index (χ0n) is 8.52. The van der Waals surface area contributed by atoms with E-state index in [1.165, 1.54) is 32.1 Å². The van der Waals surface area contributed by atoms with Crippen molar-refractivity contribution in [2.45, 2.75) is 38.1 Å². The van der Waals surface area contributed by atoms with E-state index in [-0.39, 0.29) is 0 Å². The molecule has 3 fully saturated rings. The van der Waals surface area contributed by atoms with Gasteiger partial charge in [0.1, 0.15) is 0 Å². The Bertz CT molecular complexity index is 244. The lowest BCUT2D eigenvalue weighted by atomic mass is 9.76. The highest BCUT2D eigenvalue weighted by atomic mass is 16.4. The highest BCUT2D eigenvalue weighted by Gasteiger charge is 2.41. The average molecular weight is 194 g/mol. The molecule has 2 atom stereocenters. The molecule has 0 aromatic heterocycles. The van der Waals surface area contributed by atoms with Crippen molar-refractivity contribution in [3.8, 4) is 0 Å². The lowest BCUT2D eigenvalue weighted by Crippen LogP contribution is -2.49. The van der Waals surface area contributed by atoms with Crippen molar-refractivity contribution in [3.05, 3.63) is 0 Å². The van der Waals surface area contributed by atoms with Crippen LogP contribution in [0.4, 0.5) is 0 Å². The fraction of sp³-hybridized carbons (Fsp3) is 0.909. The van der Waals surface area contributed by atoms with Crippen LogP contribution in [0.15, 0.2) is 5.16 Å². The monoisotopic (exact) mass is 194 g/mol. The summed E-state index contributed by atoms with van der Waals surface area (Å²) >= 11 is 0. The molecule has 0 spiro atoms. The van der Waals surface area contributed by atoms with Crippen LogP contribution in [-0.2, 0) is 0 Å². The number of nitrogens with zero attached hydrogens (tertiary/aromatic N) is 2. The lowest BCUT2D eigenvalue weighted by Gasteiger charge is -2.41. The van der Waals surface area contributed by atoms with Crippen LogP contribution in [0.5, 0.6) is 0 Å². The number of piperidine rings is 1. The summed E-state index contributed by atoms with van der Waals surface area (Å²) in [5.74, 6) is 1.13. The number of hydrogen-bond donors (Lipinski definition) is 1. The van der Waals surface area contributed by atoms with Gasteiger partial charge in [0, 0.05) is 31.0 Å². The maximum absolute atomic E-state index is 9.01. The van der Waals surface area contributed by atoms with Gasteiger partial charge in [0.25, 0.3) is 0 Å². The molecule has 1 aliphatic heterocycles. The van der Waals surface area contributed by atoms with E-state index in [9.17, 15) is 0 Å². The summed E-state index contributed by atoms with van der Waals surface area (Å²) < 4.78 is 0. The highest BCUT2D eigenvalue weighted by molar-refractivity contribution is 5.90. The first-order chi connectivity index (χ1) is 6.88. The van der Waals surface area contributed by atoms with Crippen LogP contribution in [0.25, 0.3) is 0 Å². The van der Waals surface area contributed by atoms with Crippen LogP contribution in [0.3, 0.4) is 0 Å². The van der Waals surface area contributed by atoms with E-state index < -0.39 is 0 Å². The Morgan fingerprint density at radius 3 is 2.21 bits per heavy atom. The van der Waals surface area contributed by atoms with Crippen molar-refractivity contribution in [1.29, 1.82) is 0 Å². The SMILES string of the molecule is ON=C1[C@H]2CCC[C@H]1CN(C1CC1)C2. The molecule has 1 N–H and O–H groups in total. The second-order valence-corrected chi connectivity index (χ2v) is 5.03. The summed E-state index contributed by atoms with van der Waals surface area (Å²) in [5.41, 5.74) is 1.10. The molecule has 2 saturated carbocycles. The van der Waals surface area contributed by atoms with Crippen LogP contribution in [0, 0.1) is 11.8 Å². The van der Waals surface area contributed by atoms with Gasteiger partial charge in [-0.05, 0) is 25.7 Å². The second-order valence-electron chi connectivity index (χ2n) is 5.03. The molecular formula is C11H18N2O. The second kappa shape index (κ2) is 3.23. The predicted molar refractivity (Wildman–Crippen MR) is 54.6 cm³/mol. The molecule has 14 heavy (non-hydrogen) atoms. The van der Waals surface area contributed by atoms with E-state index in [1.54, 1.807) is 0 Å². The van der Waals surface area contributed by atoms with Crippen LogP contribution >= 0.6 is 0 Å². The lowest BCUT2D eigenvalue weighted by molar-refractivity contribution is 0.161. The first-order valence-corrected chi connectivity index (χ1v) is 5.84. The maximum Gasteiger partial charge on any atom is 0.0657 e. The molecule has 3 rings (SSSR count). The average Bonchev–Trinajstić information content (AvgIpc) is 2.98. The van der Waals surface area contributed by atoms with Crippen LogP contribution in [-0.4, -0.2) is 35.0 Å². The van der Waals surface area contributed by atoms with E-state index >= 15 is 0 Å². The summed E-state index contributed by atoms with van der Waals surface area (Å²) in [7, 11) is 0. The number of hydrogen-bond acceptors (Lipinski definition) is 3. The topological polar surface area (TPSA) is 35.8 Å². The van der Waals surface area contributed by atoms with Crippen molar-refractivity contribution >= 4 is 5.71 Å². The Hall–Kier alpha value is -0.570. The first kappa shape index (κ1) is 8.72. The predicted octanol–water partition coefficient (Wildman–Crippen LogP) is 1.71. The fourth-order valence-corrected chi connectivity index (χ4v) is 3.15. The van der Waals surface area contributed by atoms with Gasteiger partial charge in [-0.2, -0.15) is 0 Å². The molecular weight excluding hydrogens is 176 g/mol. The molecule has 3 nitrogen and oxygen atoms in total. The van der Waals surface area contributed by atoms with Crippen LogP contribution in [0.2, 0.25) is 0 Å². The van der Waals surface area contributed by atoms with Gasteiger partial charge in [-0.3, -0.25) is 4.90 Å². The number of fused-ring (bicyclic) bond motifs is 2. The summed E-state index contributed by atoms with van der Waals surface area (Å²) in [6, 6.07) is 0.873. The zero-order valence-corrected chi connectivity index (χ0v) is 8.52. The minimum absolute atomic E-state index is 0.563. The van der Waals surface area contributed by atoms with Gasteiger partial charge in [0.2, 0.25) is 0 Å². The zero-order chi connectivity index (χ0) is 9.54. The number of rotatable bonds is 1. The minimum atomic E-state index is 0.563. The van der Waals surface area contributed by atoms with Gasteiger partial charge < -0.3 is 5.21 Å². The molecule has 0 aromatic carbocycles. The molecule has 0 radical (unpaired) electrons. The molecule has 0 unspecified atom stereocenters. The van der Waals surface area contributed by atoms with Crippen molar-refractivity contribution in [3.63, 3.8) is 0 Å². The van der Waals surface area contributed by atoms with Gasteiger partial charge >= 0.3 is 0 Å². The van der Waals surface area contributed by atoms with E-state index in [4.69, 9.17) is 5.21 Å². The van der Waals surface area contributed by atoms with Crippen molar-refractivity contribution < 1.29 is 5.21 Å². The van der Waals surface area contributed by atoms with Gasteiger partial charge in [-0.1, -0.05) is 11.6 Å². The molecule has 1 saturated heterocycles. The van der Waals surface area contributed by atoms with E-state index in [0.29, 0.717) is 11.8 Å². The van der Waals surface area contributed by atoms with Gasteiger partial charge in [-0.15, -0.1) is 0 Å². The number of oxime groups is 1. The third kappa shape index (κ3) is 1.34. The molecule has 3 aliphatic rings. The Morgan fingerprint density at radius 2 is 1.71 bits per heavy atom. The van der Waals surface area contributed by atoms with Gasteiger partial charge in [0.05, 0.1) is 5.71 Å². The largest absolute Gasteiger partial charge is 0.411 e. The summed E-state index contributed by atoms with van der Waals surface area (Å²) in [6.45, 7) is 2.31. The summed E-state index contributed by atoms with van der Waals surface area (Å²) in [4.78, 5) is 2.63. The summed E-state index contributed by atoms with van der Waals surface area (Å²) in [6.07, 6.45) is 6.58. The standard InChI is InChI=1S/C11H18N2O/c14-12-11-8-2-1-3-9(11)7-13(6-8)10-4-5-10/h8-10,14H,1-7H2/t8-,9-/m0/s1. The van der Waals surface area contributed by atoms with E-state index in [2.05, 4.69) is 10.1 Å². The first-order valence-electron chi connectivity index (χ1n) is 5.84. The molecule has 78 valence electrons. The third-order valence-corrected chi connectivity index (χ3v) is 4.03. The number of likely N-dealkylation sites (tertiary alicyclic amines) is 1. The quantitative estimate of drug-likeness (QED) is 0.509. The summed E-state index contributed by atoms with van der Waals surface area (Å²) in [5, 5.41) is 12.5. The van der Waals surface area contributed by atoms with Crippen LogP contribution in [0.1, 0.15) is 32.1 Å². The molecule has 0 aromatic rings. The van der Waals surface area contributed by atoms with Gasteiger partial charge in [-0.25, -0.2) is 0 Å². The van der Waals surface area contributed by atoms with Crippen molar-refractivity contribution in [2.75, 3.05) is 13.1 Å². The molecule has 3 heteroatoms. The molecule has 2 bridgehead atoms. The molecule has 2 aliphatic carbocycles. The third-order valence-electron chi connectivity index (χ3n) is 4.03. The van der Waals surface area contributed by atoms with E-state index in [0.717, 1.165) is 24.8 Å². The highest BCUT2D eigenvalue weighted by Crippen LogP contribution is 2.37. The fourth-order valence-electron chi connectivity index (χ4n) is 3.15. The molecule has 0 amide bonds. The van der Waals surface area contributed by atoms with Crippen molar-refractivity contribution in [2.24, 2.45) is 17.0 Å². The van der Waals surface area contributed by atoms with E-state index in [1.807, 2.05) is 0 Å². The van der Waals surface area contributed by atoms with Gasteiger partial charge in [0.15, 0.2) is 0 Å². The minimum Gasteiger partial charge on any atom is -0.411 e. The maximum atomic E-state index is 9.01.